The van der Waals surface area contributed by atoms with Crippen molar-refractivity contribution >= 4 is 11.6 Å². The van der Waals surface area contributed by atoms with Crippen LogP contribution in [0.25, 0.3) is 0 Å². The molecule has 0 atom stereocenters. The maximum Gasteiger partial charge on any atom is 0.123 e. The second-order valence-corrected chi connectivity index (χ2v) is 4.49. The van der Waals surface area contributed by atoms with Crippen molar-refractivity contribution in [2.24, 2.45) is 0 Å². The number of hydrogen-bond acceptors (Lipinski definition) is 3. The summed E-state index contributed by atoms with van der Waals surface area (Å²) in [5.41, 5.74) is 1.03. The van der Waals surface area contributed by atoms with Crippen molar-refractivity contribution < 1.29 is 14.6 Å². The van der Waals surface area contributed by atoms with Gasteiger partial charge in [0.25, 0.3) is 0 Å². The fourth-order valence-corrected chi connectivity index (χ4v) is 1.94. The van der Waals surface area contributed by atoms with E-state index in [1.54, 1.807) is 37.4 Å². The molecule has 2 aromatic carbocycles. The Bertz CT molecular complexity index is 555. The SMILES string of the molecule is COc1cc(Cl)ccc1CCOc1cccc(O)c1. The highest BCUT2D eigenvalue weighted by atomic mass is 35.5. The lowest BCUT2D eigenvalue weighted by atomic mass is 10.1. The molecule has 0 aliphatic rings. The number of rotatable bonds is 5. The fraction of sp³-hybridized carbons (Fsp3) is 0.200. The van der Waals surface area contributed by atoms with Crippen LogP contribution in [0.5, 0.6) is 17.2 Å². The highest BCUT2D eigenvalue weighted by Crippen LogP contribution is 2.24. The lowest BCUT2D eigenvalue weighted by molar-refractivity contribution is 0.316. The topological polar surface area (TPSA) is 38.7 Å². The molecule has 19 heavy (non-hydrogen) atoms. The van der Waals surface area contributed by atoms with Crippen molar-refractivity contribution in [3.63, 3.8) is 0 Å². The molecule has 3 nitrogen and oxygen atoms in total. The molecular formula is C15H15ClO3. The summed E-state index contributed by atoms with van der Waals surface area (Å²) < 4.78 is 10.8. The Balaban J connectivity index is 1.96. The van der Waals surface area contributed by atoms with Gasteiger partial charge in [-0.15, -0.1) is 0 Å². The Morgan fingerprint density at radius 1 is 1.16 bits per heavy atom. The van der Waals surface area contributed by atoms with Gasteiger partial charge < -0.3 is 14.6 Å². The monoisotopic (exact) mass is 278 g/mol. The molecular weight excluding hydrogens is 264 g/mol. The summed E-state index contributed by atoms with van der Waals surface area (Å²) in [6, 6.07) is 12.3. The van der Waals surface area contributed by atoms with Crippen LogP contribution in [0.1, 0.15) is 5.56 Å². The van der Waals surface area contributed by atoms with E-state index in [1.807, 2.05) is 12.1 Å². The number of aromatic hydroxyl groups is 1. The van der Waals surface area contributed by atoms with E-state index < -0.39 is 0 Å². The lowest BCUT2D eigenvalue weighted by Crippen LogP contribution is -2.02. The van der Waals surface area contributed by atoms with E-state index in [-0.39, 0.29) is 5.75 Å². The quantitative estimate of drug-likeness (QED) is 0.907. The molecule has 0 heterocycles. The third kappa shape index (κ3) is 3.80. The average Bonchev–Trinajstić information content (AvgIpc) is 2.40. The first kappa shape index (κ1) is 13.6. The molecule has 0 aromatic heterocycles. The van der Waals surface area contributed by atoms with E-state index in [0.29, 0.717) is 23.8 Å². The van der Waals surface area contributed by atoms with E-state index in [1.165, 1.54) is 0 Å². The number of hydrogen-bond donors (Lipinski definition) is 1. The lowest BCUT2D eigenvalue weighted by Gasteiger charge is -2.10. The molecule has 0 fully saturated rings. The Labute approximate surface area is 117 Å². The summed E-state index contributed by atoms with van der Waals surface area (Å²) in [6.45, 7) is 0.501. The van der Waals surface area contributed by atoms with Gasteiger partial charge in [-0.1, -0.05) is 23.7 Å². The molecule has 0 spiro atoms. The van der Waals surface area contributed by atoms with Crippen molar-refractivity contribution in [2.75, 3.05) is 13.7 Å². The second-order valence-electron chi connectivity index (χ2n) is 4.05. The number of phenolic OH excluding ortho intramolecular Hbond substituents is 1. The first-order valence-corrected chi connectivity index (χ1v) is 6.31. The van der Waals surface area contributed by atoms with Crippen LogP contribution in [-0.4, -0.2) is 18.8 Å². The molecule has 0 radical (unpaired) electrons. The summed E-state index contributed by atoms with van der Waals surface area (Å²) in [4.78, 5) is 0. The third-order valence-electron chi connectivity index (χ3n) is 2.71. The Morgan fingerprint density at radius 3 is 2.74 bits per heavy atom. The zero-order valence-corrected chi connectivity index (χ0v) is 11.4. The van der Waals surface area contributed by atoms with Gasteiger partial charge in [-0.3, -0.25) is 0 Å². The molecule has 0 saturated heterocycles. The van der Waals surface area contributed by atoms with Gasteiger partial charge in [0.05, 0.1) is 13.7 Å². The summed E-state index contributed by atoms with van der Waals surface area (Å²) in [5, 5.41) is 9.98. The van der Waals surface area contributed by atoms with Gasteiger partial charge in [-0.05, 0) is 29.8 Å². The third-order valence-corrected chi connectivity index (χ3v) is 2.94. The molecule has 100 valence electrons. The minimum absolute atomic E-state index is 0.196. The largest absolute Gasteiger partial charge is 0.508 e. The molecule has 2 aromatic rings. The van der Waals surface area contributed by atoms with Crippen LogP contribution in [0.4, 0.5) is 0 Å². The standard InChI is InChI=1S/C15H15ClO3/c1-18-15-9-12(16)6-5-11(15)7-8-19-14-4-2-3-13(17)10-14/h2-6,9-10,17H,7-8H2,1H3. The van der Waals surface area contributed by atoms with E-state index in [9.17, 15) is 5.11 Å². The van der Waals surface area contributed by atoms with Crippen LogP contribution in [0.2, 0.25) is 5.02 Å². The van der Waals surface area contributed by atoms with Gasteiger partial charge in [0.2, 0.25) is 0 Å². The average molecular weight is 279 g/mol. The van der Waals surface area contributed by atoms with Gasteiger partial charge in [0, 0.05) is 17.5 Å². The summed E-state index contributed by atoms with van der Waals surface area (Å²) in [6.07, 6.45) is 0.704. The molecule has 2 rings (SSSR count). The summed E-state index contributed by atoms with van der Waals surface area (Å²) >= 11 is 5.90. The van der Waals surface area contributed by atoms with E-state index >= 15 is 0 Å². The molecule has 0 aliphatic carbocycles. The molecule has 0 bridgehead atoms. The van der Waals surface area contributed by atoms with Crippen molar-refractivity contribution in [1.29, 1.82) is 0 Å². The van der Waals surface area contributed by atoms with Gasteiger partial charge in [0.15, 0.2) is 0 Å². The molecule has 0 unspecified atom stereocenters. The Morgan fingerprint density at radius 2 is 2.00 bits per heavy atom. The predicted molar refractivity (Wildman–Crippen MR) is 75.3 cm³/mol. The maximum atomic E-state index is 9.33. The van der Waals surface area contributed by atoms with Crippen molar-refractivity contribution in [2.45, 2.75) is 6.42 Å². The smallest absolute Gasteiger partial charge is 0.123 e. The minimum Gasteiger partial charge on any atom is -0.508 e. The van der Waals surface area contributed by atoms with Crippen LogP contribution in [0, 0.1) is 0 Å². The molecule has 0 saturated carbocycles. The number of benzene rings is 2. The number of halogens is 1. The molecule has 0 aliphatic heterocycles. The number of methoxy groups -OCH3 is 1. The zero-order valence-electron chi connectivity index (χ0n) is 10.6. The Hall–Kier alpha value is -1.87. The fourth-order valence-electron chi connectivity index (χ4n) is 1.78. The first-order valence-electron chi connectivity index (χ1n) is 5.93. The number of phenols is 1. The van der Waals surface area contributed by atoms with Gasteiger partial charge in [-0.2, -0.15) is 0 Å². The van der Waals surface area contributed by atoms with Crippen molar-refractivity contribution in [3.8, 4) is 17.2 Å². The van der Waals surface area contributed by atoms with Gasteiger partial charge >= 0.3 is 0 Å². The van der Waals surface area contributed by atoms with Crippen LogP contribution in [-0.2, 0) is 6.42 Å². The van der Waals surface area contributed by atoms with Gasteiger partial charge in [-0.25, -0.2) is 0 Å². The summed E-state index contributed by atoms with van der Waals surface area (Å²) in [5.74, 6) is 1.60. The molecule has 1 N–H and O–H groups in total. The van der Waals surface area contributed by atoms with E-state index in [2.05, 4.69) is 0 Å². The number of ether oxygens (including phenoxy) is 2. The summed E-state index contributed by atoms with van der Waals surface area (Å²) in [7, 11) is 1.62. The predicted octanol–water partition coefficient (Wildman–Crippen LogP) is 3.68. The maximum absolute atomic E-state index is 9.33. The van der Waals surface area contributed by atoms with Crippen LogP contribution in [0.3, 0.4) is 0 Å². The van der Waals surface area contributed by atoms with Crippen molar-refractivity contribution in [1.82, 2.24) is 0 Å². The van der Waals surface area contributed by atoms with E-state index in [4.69, 9.17) is 21.1 Å². The van der Waals surface area contributed by atoms with E-state index in [0.717, 1.165) is 11.3 Å². The van der Waals surface area contributed by atoms with Crippen molar-refractivity contribution in [3.05, 3.63) is 53.1 Å². The van der Waals surface area contributed by atoms with Crippen LogP contribution >= 0.6 is 11.6 Å². The minimum atomic E-state index is 0.196. The van der Waals surface area contributed by atoms with Crippen LogP contribution < -0.4 is 9.47 Å². The Kier molecular flexibility index (Phi) is 4.53. The normalized spacial score (nSPS) is 10.2. The highest BCUT2D eigenvalue weighted by Gasteiger charge is 2.04. The van der Waals surface area contributed by atoms with Gasteiger partial charge in [0.1, 0.15) is 17.2 Å². The molecule has 4 heteroatoms. The zero-order chi connectivity index (χ0) is 13.7. The van der Waals surface area contributed by atoms with Crippen LogP contribution in [0.15, 0.2) is 42.5 Å². The molecule has 0 amide bonds. The highest BCUT2D eigenvalue weighted by molar-refractivity contribution is 6.30. The first-order chi connectivity index (χ1) is 9.19. The second kappa shape index (κ2) is 6.34.